The lowest BCUT2D eigenvalue weighted by atomic mass is 9.36. The van der Waals surface area contributed by atoms with Crippen LogP contribution in [0.25, 0.3) is 0 Å². The Balaban J connectivity index is 1.52. The number of carboxylic acid groups (broad SMARTS) is 1. The summed E-state index contributed by atoms with van der Waals surface area (Å²) in [6.45, 7) is 16.2. The third-order valence-electron chi connectivity index (χ3n) is 12.6. The summed E-state index contributed by atoms with van der Waals surface area (Å²) in [6, 6.07) is 0. The van der Waals surface area contributed by atoms with E-state index in [1.54, 1.807) is 0 Å². The highest BCUT2D eigenvalue weighted by Crippen LogP contribution is 2.73. The SMILES string of the molecule is C=C(C)[C@@H]1CC[C@]2(C(=O)O)CC[C@@H]3[C@H](CC[C@H]4[C@@]3(C)CC[C@H]3C(C)(C)[C@H](O)CC[C@]43C)[C@@H]12. The van der Waals surface area contributed by atoms with Crippen LogP contribution in [0.1, 0.15) is 98.8 Å². The van der Waals surface area contributed by atoms with Crippen molar-refractivity contribution in [1.29, 1.82) is 0 Å². The highest BCUT2D eigenvalue weighted by Gasteiger charge is 2.68. The number of aliphatic carboxylic acids is 1. The molecular weight excluding hydrogens is 396 g/mol. The predicted octanol–water partition coefficient (Wildman–Crippen LogP) is 6.70. The molecule has 0 aromatic heterocycles. The first-order valence-corrected chi connectivity index (χ1v) is 13.5. The van der Waals surface area contributed by atoms with Gasteiger partial charge in [-0.25, -0.2) is 0 Å². The Morgan fingerprint density at radius 1 is 0.844 bits per heavy atom. The van der Waals surface area contributed by atoms with Gasteiger partial charge in [-0.15, -0.1) is 0 Å². The summed E-state index contributed by atoms with van der Waals surface area (Å²) >= 11 is 0. The largest absolute Gasteiger partial charge is 0.481 e. The molecule has 0 aliphatic heterocycles. The molecule has 5 aliphatic rings. The van der Waals surface area contributed by atoms with Gasteiger partial charge < -0.3 is 10.2 Å². The van der Waals surface area contributed by atoms with Gasteiger partial charge in [-0.3, -0.25) is 4.79 Å². The maximum Gasteiger partial charge on any atom is 0.309 e. The zero-order valence-electron chi connectivity index (χ0n) is 21.1. The second-order valence-electron chi connectivity index (χ2n) is 13.9. The standard InChI is InChI=1S/C29H46O3/c1-17(2)18-9-15-29(25(31)32)16-10-20-19(24(18)29)7-8-22-27(20,5)13-11-21-26(3,4)23(30)12-14-28(21,22)6/h18-24,30H,1,7-16H2,2-6H3,(H,31,32)/t18-,19-,20+,21-,22-,23+,24+,27-,28-,29-/m0/s1. The molecule has 0 unspecified atom stereocenters. The minimum Gasteiger partial charge on any atom is -0.481 e. The summed E-state index contributed by atoms with van der Waals surface area (Å²) in [5.41, 5.74) is 1.30. The van der Waals surface area contributed by atoms with E-state index in [0.717, 1.165) is 38.5 Å². The van der Waals surface area contributed by atoms with Gasteiger partial charge in [0.15, 0.2) is 0 Å². The first-order valence-electron chi connectivity index (χ1n) is 13.5. The minimum absolute atomic E-state index is 0.00724. The molecule has 180 valence electrons. The van der Waals surface area contributed by atoms with Crippen molar-refractivity contribution < 1.29 is 15.0 Å². The summed E-state index contributed by atoms with van der Waals surface area (Å²) in [5, 5.41) is 21.2. The van der Waals surface area contributed by atoms with Crippen LogP contribution in [0.15, 0.2) is 12.2 Å². The number of aliphatic hydroxyl groups excluding tert-OH is 1. The molecule has 0 amide bonds. The van der Waals surface area contributed by atoms with Gasteiger partial charge >= 0.3 is 5.97 Å². The Morgan fingerprint density at radius 3 is 2.16 bits per heavy atom. The van der Waals surface area contributed by atoms with Crippen LogP contribution in [-0.2, 0) is 4.79 Å². The van der Waals surface area contributed by atoms with E-state index >= 15 is 0 Å². The van der Waals surface area contributed by atoms with E-state index in [4.69, 9.17) is 0 Å². The van der Waals surface area contributed by atoms with Crippen LogP contribution in [0.4, 0.5) is 0 Å². The molecule has 3 heteroatoms. The molecule has 5 saturated carbocycles. The topological polar surface area (TPSA) is 57.5 Å². The molecule has 0 bridgehead atoms. The molecule has 0 radical (unpaired) electrons. The molecule has 5 rings (SSSR count). The van der Waals surface area contributed by atoms with Gasteiger partial charge in [-0.05, 0) is 123 Å². The van der Waals surface area contributed by atoms with E-state index in [9.17, 15) is 15.0 Å². The third-order valence-corrected chi connectivity index (χ3v) is 12.6. The molecule has 10 atom stereocenters. The van der Waals surface area contributed by atoms with Crippen molar-refractivity contribution in [3.63, 3.8) is 0 Å². The number of aliphatic hydroxyl groups is 1. The van der Waals surface area contributed by atoms with Crippen molar-refractivity contribution in [1.82, 2.24) is 0 Å². The number of hydrogen-bond donors (Lipinski definition) is 2. The highest BCUT2D eigenvalue weighted by atomic mass is 16.4. The molecule has 2 N–H and O–H groups in total. The van der Waals surface area contributed by atoms with Crippen molar-refractivity contribution in [3.8, 4) is 0 Å². The number of rotatable bonds is 2. The van der Waals surface area contributed by atoms with E-state index in [1.165, 1.54) is 31.3 Å². The minimum atomic E-state index is -0.532. The molecule has 0 heterocycles. The maximum atomic E-state index is 12.7. The molecule has 5 aliphatic carbocycles. The smallest absolute Gasteiger partial charge is 0.309 e. The van der Waals surface area contributed by atoms with Gasteiger partial charge in [0.25, 0.3) is 0 Å². The Morgan fingerprint density at radius 2 is 1.50 bits per heavy atom. The van der Waals surface area contributed by atoms with Crippen molar-refractivity contribution in [2.24, 2.45) is 57.2 Å². The first-order chi connectivity index (χ1) is 14.9. The normalized spacial score (nSPS) is 54.0. The van der Waals surface area contributed by atoms with Crippen LogP contribution in [0.3, 0.4) is 0 Å². The molecule has 3 nitrogen and oxygen atoms in total. The van der Waals surface area contributed by atoms with E-state index in [2.05, 4.69) is 41.2 Å². The zero-order valence-corrected chi connectivity index (χ0v) is 21.1. The summed E-state index contributed by atoms with van der Waals surface area (Å²) in [6.07, 6.45) is 10.6. The van der Waals surface area contributed by atoms with Crippen LogP contribution in [0, 0.1) is 57.2 Å². The maximum absolute atomic E-state index is 12.7. The second kappa shape index (κ2) is 7.09. The van der Waals surface area contributed by atoms with Gasteiger partial charge in [0.1, 0.15) is 0 Å². The molecule has 0 spiro atoms. The monoisotopic (exact) mass is 442 g/mol. The van der Waals surface area contributed by atoms with Crippen molar-refractivity contribution >= 4 is 5.97 Å². The predicted molar refractivity (Wildman–Crippen MR) is 128 cm³/mol. The van der Waals surface area contributed by atoms with Gasteiger partial charge in [0.2, 0.25) is 0 Å². The number of hydrogen-bond acceptors (Lipinski definition) is 2. The summed E-state index contributed by atoms with van der Waals surface area (Å²) in [7, 11) is 0. The Hall–Kier alpha value is -0.830. The van der Waals surface area contributed by atoms with E-state index in [0.29, 0.717) is 40.4 Å². The van der Waals surface area contributed by atoms with Crippen molar-refractivity contribution in [2.75, 3.05) is 0 Å². The lowest BCUT2D eigenvalue weighted by molar-refractivity contribution is -0.217. The number of allylic oxidation sites excluding steroid dienone is 1. The zero-order chi connectivity index (χ0) is 23.3. The third kappa shape index (κ3) is 2.72. The van der Waals surface area contributed by atoms with Crippen LogP contribution in [-0.4, -0.2) is 22.3 Å². The summed E-state index contributed by atoms with van der Waals surface area (Å²) in [5.74, 6) is 2.60. The molecule has 5 fully saturated rings. The van der Waals surface area contributed by atoms with Crippen molar-refractivity contribution in [2.45, 2.75) is 105 Å². The van der Waals surface area contributed by atoms with Gasteiger partial charge in [-0.1, -0.05) is 39.8 Å². The fourth-order valence-electron chi connectivity index (χ4n) is 11.2. The van der Waals surface area contributed by atoms with E-state index < -0.39 is 11.4 Å². The summed E-state index contributed by atoms with van der Waals surface area (Å²) in [4.78, 5) is 12.7. The number of carboxylic acids is 1. The summed E-state index contributed by atoms with van der Waals surface area (Å²) < 4.78 is 0. The molecule has 0 aromatic carbocycles. The second-order valence-corrected chi connectivity index (χ2v) is 13.9. The quantitative estimate of drug-likeness (QED) is 0.468. The average Bonchev–Trinajstić information content (AvgIpc) is 3.12. The fraction of sp³-hybridized carbons (Fsp3) is 0.897. The highest BCUT2D eigenvalue weighted by molar-refractivity contribution is 5.76. The van der Waals surface area contributed by atoms with Gasteiger partial charge in [0, 0.05) is 0 Å². The lowest BCUT2D eigenvalue weighted by Crippen LogP contribution is -2.63. The van der Waals surface area contributed by atoms with E-state index in [-0.39, 0.29) is 17.4 Å². The Bertz CT molecular complexity index is 815. The first kappa shape index (κ1) is 22.9. The van der Waals surface area contributed by atoms with Gasteiger partial charge in [-0.2, -0.15) is 0 Å². The molecule has 0 aromatic rings. The van der Waals surface area contributed by atoms with Crippen LogP contribution >= 0.6 is 0 Å². The Labute approximate surface area is 195 Å². The Kier molecular flexibility index (Phi) is 5.08. The van der Waals surface area contributed by atoms with E-state index in [1.807, 2.05) is 0 Å². The number of fused-ring (bicyclic) bond motifs is 7. The lowest BCUT2D eigenvalue weighted by Gasteiger charge is -2.69. The van der Waals surface area contributed by atoms with Crippen LogP contribution in [0.5, 0.6) is 0 Å². The fourth-order valence-corrected chi connectivity index (χ4v) is 11.2. The number of carbonyl (C=O) groups is 1. The van der Waals surface area contributed by atoms with Crippen LogP contribution in [0.2, 0.25) is 0 Å². The van der Waals surface area contributed by atoms with Crippen LogP contribution < -0.4 is 0 Å². The van der Waals surface area contributed by atoms with Gasteiger partial charge in [0.05, 0.1) is 11.5 Å². The molecule has 32 heavy (non-hydrogen) atoms. The van der Waals surface area contributed by atoms with Crippen molar-refractivity contribution in [3.05, 3.63) is 12.2 Å². The molecule has 0 saturated heterocycles. The molecular formula is C29H46O3. The average molecular weight is 443 g/mol.